The molecule has 1 aromatic carbocycles. The molecule has 0 N–H and O–H groups in total. The van der Waals surface area contributed by atoms with Crippen molar-refractivity contribution in [2.75, 3.05) is 0 Å². The Balaban J connectivity index is 3.30. The maximum atomic E-state index is 12.1. The van der Waals surface area contributed by atoms with Gasteiger partial charge in [-0.25, -0.2) is 0 Å². The van der Waals surface area contributed by atoms with Gasteiger partial charge in [-0.15, -0.1) is 13.2 Å². The van der Waals surface area contributed by atoms with Crippen molar-refractivity contribution >= 4 is 40.0 Å². The van der Waals surface area contributed by atoms with E-state index in [-0.39, 0.29) is 10.6 Å². The third-order valence-corrected chi connectivity index (χ3v) is 2.52. The van der Waals surface area contributed by atoms with Gasteiger partial charge in [0.1, 0.15) is 5.75 Å². The first-order valence-electron chi connectivity index (χ1n) is 3.96. The van der Waals surface area contributed by atoms with E-state index in [2.05, 4.69) is 4.74 Å². The second-order valence-corrected chi connectivity index (χ2v) is 4.52. The maximum absolute atomic E-state index is 12.1. The highest BCUT2D eigenvalue weighted by molar-refractivity contribution is 14.1. The van der Waals surface area contributed by atoms with E-state index in [9.17, 15) is 18.0 Å². The molecular formula is C9H5ClF3IO2. The third kappa shape index (κ3) is 3.51. The molecule has 1 rings (SSSR count). The Hall–Kier alpha value is -0.500. The van der Waals surface area contributed by atoms with E-state index < -0.39 is 17.9 Å². The van der Waals surface area contributed by atoms with Crippen LogP contribution in [-0.2, 0) is 0 Å². The molecule has 0 saturated carbocycles. The minimum Gasteiger partial charge on any atom is -0.405 e. The number of carbonyl (C=O) groups is 1. The van der Waals surface area contributed by atoms with Crippen LogP contribution in [0.4, 0.5) is 13.2 Å². The lowest BCUT2D eigenvalue weighted by Crippen LogP contribution is -2.19. The van der Waals surface area contributed by atoms with Gasteiger partial charge in [-0.05, 0) is 41.6 Å². The van der Waals surface area contributed by atoms with Crippen LogP contribution in [0.3, 0.4) is 0 Å². The second kappa shape index (κ2) is 4.79. The van der Waals surface area contributed by atoms with Crippen molar-refractivity contribution in [2.24, 2.45) is 0 Å². The van der Waals surface area contributed by atoms with Crippen LogP contribution < -0.4 is 4.74 Å². The monoisotopic (exact) mass is 364 g/mol. The Morgan fingerprint density at radius 2 is 2.00 bits per heavy atom. The molecule has 2 nitrogen and oxygen atoms in total. The van der Waals surface area contributed by atoms with Gasteiger partial charge in [-0.1, -0.05) is 11.6 Å². The zero-order valence-corrected chi connectivity index (χ0v) is 10.8. The number of carbonyl (C=O) groups excluding carboxylic acids is 1. The summed E-state index contributed by atoms with van der Waals surface area (Å²) in [5.74, 6) is -1.16. The fourth-order valence-corrected chi connectivity index (χ4v) is 2.22. The Morgan fingerprint density at radius 1 is 1.44 bits per heavy atom. The minimum atomic E-state index is -4.85. The number of rotatable bonds is 2. The molecule has 0 amide bonds. The van der Waals surface area contributed by atoms with Crippen molar-refractivity contribution in [2.45, 2.75) is 13.3 Å². The molecule has 0 atom stereocenters. The number of hydrogen-bond donors (Lipinski definition) is 0. The molecule has 88 valence electrons. The van der Waals surface area contributed by atoms with E-state index in [0.717, 1.165) is 13.0 Å². The van der Waals surface area contributed by atoms with Crippen LogP contribution in [0, 0.1) is 3.57 Å². The van der Waals surface area contributed by atoms with Gasteiger partial charge in [-0.2, -0.15) is 0 Å². The van der Waals surface area contributed by atoms with Gasteiger partial charge < -0.3 is 4.74 Å². The molecule has 1 aromatic rings. The first-order valence-corrected chi connectivity index (χ1v) is 5.42. The summed E-state index contributed by atoms with van der Waals surface area (Å²) in [5, 5.41) is -0.0568. The topological polar surface area (TPSA) is 26.3 Å². The van der Waals surface area contributed by atoms with Gasteiger partial charge in [0.15, 0.2) is 5.78 Å². The summed E-state index contributed by atoms with van der Waals surface area (Å²) in [6.45, 7) is 1.12. The van der Waals surface area contributed by atoms with E-state index >= 15 is 0 Å². The lowest BCUT2D eigenvalue weighted by Gasteiger charge is -2.13. The second-order valence-electron chi connectivity index (χ2n) is 2.86. The fourth-order valence-electron chi connectivity index (χ4n) is 1.10. The molecule has 0 aliphatic heterocycles. The van der Waals surface area contributed by atoms with Crippen molar-refractivity contribution in [3.63, 3.8) is 0 Å². The highest BCUT2D eigenvalue weighted by atomic mass is 127. The predicted octanol–water partition coefficient (Wildman–Crippen LogP) is 4.05. The third-order valence-electron chi connectivity index (χ3n) is 1.60. The SMILES string of the molecule is CC(=O)c1c(Cl)cc(I)cc1OC(F)(F)F. The lowest BCUT2D eigenvalue weighted by molar-refractivity contribution is -0.274. The molecule has 0 fully saturated rings. The number of halogens is 5. The molecule has 0 unspecified atom stereocenters. The molecule has 0 aliphatic carbocycles. The Kier molecular flexibility index (Phi) is 4.06. The summed E-state index contributed by atoms with van der Waals surface area (Å²) in [6.07, 6.45) is -4.85. The molecule has 0 radical (unpaired) electrons. The normalized spacial score (nSPS) is 11.4. The van der Waals surface area contributed by atoms with E-state index in [1.54, 1.807) is 22.6 Å². The van der Waals surface area contributed by atoms with Crippen LogP contribution in [0.1, 0.15) is 17.3 Å². The van der Waals surface area contributed by atoms with Gasteiger partial charge in [-0.3, -0.25) is 4.79 Å². The standard InChI is InChI=1S/C9H5ClF3IO2/c1-4(15)8-6(10)2-5(14)3-7(8)16-9(11,12)13/h2-3H,1H3. The van der Waals surface area contributed by atoms with Crippen LogP contribution in [0.5, 0.6) is 5.75 Å². The average molecular weight is 364 g/mol. The number of Topliss-reactive ketones (excluding diaryl/α,β-unsaturated/α-hetero) is 1. The maximum Gasteiger partial charge on any atom is 0.573 e. The van der Waals surface area contributed by atoms with Crippen LogP contribution in [-0.4, -0.2) is 12.1 Å². The van der Waals surface area contributed by atoms with Crippen LogP contribution in [0.15, 0.2) is 12.1 Å². The quantitative estimate of drug-likeness (QED) is 0.585. The number of ketones is 1. The number of hydrogen-bond acceptors (Lipinski definition) is 2. The number of alkyl halides is 3. The van der Waals surface area contributed by atoms with Crippen molar-refractivity contribution in [1.82, 2.24) is 0 Å². The van der Waals surface area contributed by atoms with E-state index in [0.29, 0.717) is 3.57 Å². The van der Waals surface area contributed by atoms with E-state index in [4.69, 9.17) is 11.6 Å². The first kappa shape index (κ1) is 13.6. The van der Waals surface area contributed by atoms with Gasteiger partial charge in [0.05, 0.1) is 10.6 Å². The Bertz CT molecular complexity index is 431. The van der Waals surface area contributed by atoms with Crippen molar-refractivity contribution < 1.29 is 22.7 Å². The highest BCUT2D eigenvalue weighted by Crippen LogP contribution is 2.33. The summed E-state index contributed by atoms with van der Waals surface area (Å²) in [6, 6.07) is 2.50. The summed E-state index contributed by atoms with van der Waals surface area (Å²) >= 11 is 7.47. The summed E-state index contributed by atoms with van der Waals surface area (Å²) in [5.41, 5.74) is -0.264. The fraction of sp³-hybridized carbons (Fsp3) is 0.222. The lowest BCUT2D eigenvalue weighted by atomic mass is 10.1. The zero-order chi connectivity index (χ0) is 12.5. The van der Waals surface area contributed by atoms with Crippen LogP contribution in [0.25, 0.3) is 0 Å². The van der Waals surface area contributed by atoms with Gasteiger partial charge in [0.2, 0.25) is 0 Å². The predicted molar refractivity (Wildman–Crippen MR) is 60.9 cm³/mol. The smallest absolute Gasteiger partial charge is 0.405 e. The number of ether oxygens (including phenoxy) is 1. The Labute approximate surface area is 108 Å². The minimum absolute atomic E-state index is 0.0568. The Morgan fingerprint density at radius 3 is 2.44 bits per heavy atom. The van der Waals surface area contributed by atoms with Gasteiger partial charge >= 0.3 is 6.36 Å². The van der Waals surface area contributed by atoms with Crippen molar-refractivity contribution in [3.8, 4) is 5.75 Å². The summed E-state index contributed by atoms with van der Waals surface area (Å²) < 4.78 is 40.4. The molecule has 0 saturated heterocycles. The molecular weight excluding hydrogens is 359 g/mol. The van der Waals surface area contributed by atoms with Gasteiger partial charge in [0, 0.05) is 3.57 Å². The molecule has 0 aromatic heterocycles. The van der Waals surface area contributed by atoms with Crippen LogP contribution >= 0.6 is 34.2 Å². The molecule has 16 heavy (non-hydrogen) atoms. The first-order chi connectivity index (χ1) is 7.20. The van der Waals surface area contributed by atoms with Crippen LogP contribution in [0.2, 0.25) is 5.02 Å². The largest absolute Gasteiger partial charge is 0.573 e. The molecule has 7 heteroatoms. The molecule has 0 bridgehead atoms. The zero-order valence-electron chi connectivity index (χ0n) is 7.86. The number of benzene rings is 1. The highest BCUT2D eigenvalue weighted by Gasteiger charge is 2.33. The van der Waals surface area contributed by atoms with Gasteiger partial charge in [0.25, 0.3) is 0 Å². The summed E-state index contributed by atoms with van der Waals surface area (Å²) in [4.78, 5) is 11.1. The van der Waals surface area contributed by atoms with Crippen molar-refractivity contribution in [3.05, 3.63) is 26.3 Å². The van der Waals surface area contributed by atoms with Crippen molar-refractivity contribution in [1.29, 1.82) is 0 Å². The summed E-state index contributed by atoms with van der Waals surface area (Å²) in [7, 11) is 0. The molecule has 0 heterocycles. The molecule has 0 spiro atoms. The molecule has 0 aliphatic rings. The van der Waals surface area contributed by atoms with E-state index in [1.807, 2.05) is 0 Å². The van der Waals surface area contributed by atoms with E-state index in [1.165, 1.54) is 6.07 Å². The average Bonchev–Trinajstić information content (AvgIpc) is 1.96.